The molecule has 1 N–H and O–H groups in total. The van der Waals surface area contributed by atoms with Crippen LogP contribution < -0.4 is 9.64 Å². The Bertz CT molecular complexity index is 887. The number of hydrogen-bond donors (Lipinski definition) is 1. The number of rotatable bonds is 5. The molecule has 3 rings (SSSR count). The van der Waals surface area contributed by atoms with Crippen molar-refractivity contribution < 1.29 is 19.4 Å². The minimum Gasteiger partial charge on any atom is -0.502 e. The van der Waals surface area contributed by atoms with E-state index in [1.165, 1.54) is 0 Å². The fourth-order valence-corrected chi connectivity index (χ4v) is 2.83. The van der Waals surface area contributed by atoms with E-state index < -0.39 is 17.6 Å². The Balaban J connectivity index is 1.90. The van der Waals surface area contributed by atoms with Gasteiger partial charge in [0, 0.05) is 0 Å². The molecule has 26 heavy (non-hydrogen) atoms. The Hall–Kier alpha value is -2.79. The summed E-state index contributed by atoms with van der Waals surface area (Å²) in [5.41, 5.74) is 0.625. The summed E-state index contributed by atoms with van der Waals surface area (Å²) in [6.45, 7) is 4.66. The lowest BCUT2D eigenvalue weighted by molar-refractivity contribution is -0.121. The van der Waals surface area contributed by atoms with E-state index in [0.29, 0.717) is 23.8 Å². The molecule has 6 heteroatoms. The van der Waals surface area contributed by atoms with Crippen molar-refractivity contribution in [2.24, 2.45) is 5.92 Å². The topological polar surface area (TPSA) is 66.8 Å². The van der Waals surface area contributed by atoms with Crippen molar-refractivity contribution in [3.05, 3.63) is 64.9 Å². The van der Waals surface area contributed by atoms with Crippen LogP contribution in [0.25, 0.3) is 5.57 Å². The third kappa shape index (κ3) is 3.30. The van der Waals surface area contributed by atoms with Crippen LogP contribution in [0, 0.1) is 5.92 Å². The maximum atomic E-state index is 12.8. The molecule has 1 aliphatic heterocycles. The van der Waals surface area contributed by atoms with Gasteiger partial charge >= 0.3 is 5.91 Å². The number of aliphatic hydroxyl groups excluding tert-OH is 1. The number of carbonyl (C=O) groups excluding carboxylic acids is 2. The Labute approximate surface area is 156 Å². The van der Waals surface area contributed by atoms with Gasteiger partial charge in [-0.25, -0.2) is 4.90 Å². The maximum Gasteiger partial charge on any atom is 0.301 e. The van der Waals surface area contributed by atoms with Crippen molar-refractivity contribution in [1.29, 1.82) is 0 Å². The lowest BCUT2D eigenvalue weighted by atomic mass is 10.1. The molecular weight excluding hydrogens is 354 g/mol. The third-order valence-electron chi connectivity index (χ3n) is 3.88. The quantitative estimate of drug-likeness (QED) is 0.799. The highest BCUT2D eigenvalue weighted by Crippen LogP contribution is 2.35. The number of ether oxygens (including phenoxy) is 1. The van der Waals surface area contributed by atoms with Crippen LogP contribution in [-0.2, 0) is 9.59 Å². The van der Waals surface area contributed by atoms with Crippen molar-refractivity contribution in [1.82, 2.24) is 0 Å². The highest BCUT2D eigenvalue weighted by molar-refractivity contribution is 6.46. The number of imide groups is 1. The van der Waals surface area contributed by atoms with Crippen molar-refractivity contribution >= 4 is 34.7 Å². The number of amides is 2. The first kappa shape index (κ1) is 18.0. The molecule has 0 fully saturated rings. The van der Waals surface area contributed by atoms with Gasteiger partial charge in [0.05, 0.1) is 22.9 Å². The summed E-state index contributed by atoms with van der Waals surface area (Å²) in [5, 5.41) is 10.5. The minimum atomic E-state index is -0.793. The van der Waals surface area contributed by atoms with E-state index in [2.05, 4.69) is 0 Å². The molecule has 1 heterocycles. The second kappa shape index (κ2) is 7.22. The van der Waals surface area contributed by atoms with Crippen molar-refractivity contribution in [3.63, 3.8) is 0 Å². The monoisotopic (exact) mass is 371 g/mol. The first-order valence-corrected chi connectivity index (χ1v) is 8.57. The van der Waals surface area contributed by atoms with E-state index in [0.717, 1.165) is 4.90 Å². The van der Waals surface area contributed by atoms with E-state index in [-0.39, 0.29) is 16.3 Å². The molecule has 0 spiro atoms. The first-order valence-electron chi connectivity index (χ1n) is 8.20. The fourth-order valence-electron chi connectivity index (χ4n) is 2.61. The zero-order valence-electron chi connectivity index (χ0n) is 14.4. The zero-order valence-corrected chi connectivity index (χ0v) is 15.2. The number of benzene rings is 2. The summed E-state index contributed by atoms with van der Waals surface area (Å²) in [7, 11) is 0. The van der Waals surface area contributed by atoms with Crippen LogP contribution in [0.15, 0.2) is 54.3 Å². The minimum absolute atomic E-state index is 0.0506. The molecule has 0 saturated carbocycles. The summed E-state index contributed by atoms with van der Waals surface area (Å²) in [5.74, 6) is -0.956. The van der Waals surface area contributed by atoms with Gasteiger partial charge < -0.3 is 9.84 Å². The van der Waals surface area contributed by atoms with Gasteiger partial charge in [0.2, 0.25) is 0 Å². The van der Waals surface area contributed by atoms with Gasteiger partial charge in [-0.3, -0.25) is 9.59 Å². The second-order valence-corrected chi connectivity index (χ2v) is 6.76. The fraction of sp³-hybridized carbons (Fsp3) is 0.200. The number of hydrogen-bond acceptors (Lipinski definition) is 4. The number of carbonyl (C=O) groups is 2. The molecule has 2 aromatic carbocycles. The lowest BCUT2D eigenvalue weighted by Crippen LogP contribution is -2.31. The number of anilines is 1. The van der Waals surface area contributed by atoms with Gasteiger partial charge in [-0.15, -0.1) is 0 Å². The van der Waals surface area contributed by atoms with E-state index in [4.69, 9.17) is 16.3 Å². The van der Waals surface area contributed by atoms with Crippen molar-refractivity contribution in [2.75, 3.05) is 11.5 Å². The summed E-state index contributed by atoms with van der Waals surface area (Å²) >= 11 is 6.09. The summed E-state index contributed by atoms with van der Waals surface area (Å²) in [6, 6.07) is 13.2. The van der Waals surface area contributed by atoms with E-state index in [1.54, 1.807) is 48.5 Å². The molecule has 0 aromatic heterocycles. The largest absolute Gasteiger partial charge is 0.502 e. The highest BCUT2D eigenvalue weighted by Gasteiger charge is 2.40. The standard InChI is InChI=1S/C20H18ClNO4/c1-12(2)11-26-14-9-7-13(8-10-14)17-18(23)20(25)22(19(17)24)16-6-4-3-5-15(16)21/h3-10,12,23H,11H2,1-2H3. The molecule has 0 saturated heterocycles. The molecule has 0 atom stereocenters. The molecule has 2 aromatic rings. The number of nitrogens with zero attached hydrogens (tertiary/aromatic N) is 1. The number of halogens is 1. The van der Waals surface area contributed by atoms with E-state index in [1.807, 2.05) is 13.8 Å². The maximum absolute atomic E-state index is 12.8. The van der Waals surface area contributed by atoms with Crippen LogP contribution in [-0.4, -0.2) is 23.5 Å². The van der Waals surface area contributed by atoms with Gasteiger partial charge in [0.1, 0.15) is 5.75 Å². The Morgan fingerprint density at radius 2 is 1.69 bits per heavy atom. The first-order chi connectivity index (χ1) is 12.4. The lowest BCUT2D eigenvalue weighted by Gasteiger charge is -2.16. The van der Waals surface area contributed by atoms with Crippen LogP contribution in [0.5, 0.6) is 5.75 Å². The molecular formula is C20H18ClNO4. The Kier molecular flexibility index (Phi) is 5.00. The van der Waals surface area contributed by atoms with Crippen LogP contribution >= 0.6 is 11.6 Å². The summed E-state index contributed by atoms with van der Waals surface area (Å²) in [4.78, 5) is 26.1. The van der Waals surface area contributed by atoms with E-state index >= 15 is 0 Å². The molecule has 134 valence electrons. The highest BCUT2D eigenvalue weighted by atomic mass is 35.5. The molecule has 0 unspecified atom stereocenters. The number of aliphatic hydroxyl groups is 1. The molecule has 0 bridgehead atoms. The molecule has 1 aliphatic rings. The Morgan fingerprint density at radius 1 is 1.04 bits per heavy atom. The second-order valence-electron chi connectivity index (χ2n) is 6.35. The molecule has 0 aliphatic carbocycles. The molecule has 2 amide bonds. The SMILES string of the molecule is CC(C)COc1ccc(C2=C(O)C(=O)N(c3ccccc3Cl)C2=O)cc1. The summed E-state index contributed by atoms with van der Waals surface area (Å²) < 4.78 is 5.61. The van der Waals surface area contributed by atoms with Gasteiger partial charge in [-0.1, -0.05) is 49.7 Å². The van der Waals surface area contributed by atoms with E-state index in [9.17, 15) is 14.7 Å². The van der Waals surface area contributed by atoms with Gasteiger partial charge in [-0.2, -0.15) is 0 Å². The Morgan fingerprint density at radius 3 is 2.31 bits per heavy atom. The number of para-hydroxylation sites is 1. The van der Waals surface area contributed by atoms with Gasteiger partial charge in [-0.05, 0) is 35.7 Å². The van der Waals surface area contributed by atoms with Gasteiger partial charge in [0.25, 0.3) is 5.91 Å². The van der Waals surface area contributed by atoms with Gasteiger partial charge in [0.15, 0.2) is 5.76 Å². The average molecular weight is 372 g/mol. The average Bonchev–Trinajstić information content (AvgIpc) is 2.84. The van der Waals surface area contributed by atoms with Crippen LogP contribution in [0.1, 0.15) is 19.4 Å². The van der Waals surface area contributed by atoms with Crippen LogP contribution in [0.3, 0.4) is 0 Å². The smallest absolute Gasteiger partial charge is 0.301 e. The summed E-state index contributed by atoms with van der Waals surface area (Å²) in [6.07, 6.45) is 0. The predicted molar refractivity (Wildman–Crippen MR) is 100 cm³/mol. The normalized spacial score (nSPS) is 14.5. The van der Waals surface area contributed by atoms with Crippen molar-refractivity contribution in [3.8, 4) is 5.75 Å². The molecule has 5 nitrogen and oxygen atoms in total. The predicted octanol–water partition coefficient (Wildman–Crippen LogP) is 4.22. The third-order valence-corrected chi connectivity index (χ3v) is 4.20. The molecule has 0 radical (unpaired) electrons. The van der Waals surface area contributed by atoms with Crippen LogP contribution in [0.4, 0.5) is 5.69 Å². The van der Waals surface area contributed by atoms with Crippen LogP contribution in [0.2, 0.25) is 5.02 Å². The van der Waals surface area contributed by atoms with Crippen molar-refractivity contribution in [2.45, 2.75) is 13.8 Å². The zero-order chi connectivity index (χ0) is 18.8.